The number of nitrogens with two attached hydrogens (primary N) is 2. The zero-order chi connectivity index (χ0) is 12.6. The predicted molar refractivity (Wildman–Crippen MR) is 70.7 cm³/mol. The predicted octanol–water partition coefficient (Wildman–Crippen LogP) is 2.00. The van der Waals surface area contributed by atoms with Crippen molar-refractivity contribution in [1.82, 2.24) is 9.78 Å². The summed E-state index contributed by atoms with van der Waals surface area (Å²) in [6.07, 6.45) is 1.63. The molecule has 0 spiro atoms. The van der Waals surface area contributed by atoms with Gasteiger partial charge in [-0.25, -0.2) is 4.68 Å². The van der Waals surface area contributed by atoms with Crippen molar-refractivity contribution in [2.24, 2.45) is 5.73 Å². The third-order valence-corrected chi connectivity index (χ3v) is 2.60. The van der Waals surface area contributed by atoms with Crippen molar-refractivity contribution < 1.29 is 0 Å². The molecule has 4 heteroatoms. The zero-order valence-corrected chi connectivity index (χ0v) is 10.1. The summed E-state index contributed by atoms with van der Waals surface area (Å²) in [7, 11) is 0. The van der Waals surface area contributed by atoms with Crippen LogP contribution >= 0.6 is 0 Å². The average Bonchev–Trinajstić information content (AvgIpc) is 2.58. The van der Waals surface area contributed by atoms with Crippen molar-refractivity contribution in [2.75, 3.05) is 5.73 Å². The molecule has 1 aromatic heterocycles. The van der Waals surface area contributed by atoms with Gasteiger partial charge in [0.25, 0.3) is 0 Å². The summed E-state index contributed by atoms with van der Waals surface area (Å²) in [4.78, 5) is 0. The van der Waals surface area contributed by atoms with E-state index in [0.29, 0.717) is 17.1 Å². The third-order valence-electron chi connectivity index (χ3n) is 2.60. The van der Waals surface area contributed by atoms with Gasteiger partial charge in [-0.3, -0.25) is 0 Å². The summed E-state index contributed by atoms with van der Waals surface area (Å²) in [5.74, 6) is 0.516. The first kappa shape index (κ1) is 11.3. The Morgan fingerprint density at radius 3 is 2.29 bits per heavy atom. The van der Waals surface area contributed by atoms with E-state index >= 15 is 0 Å². The lowest BCUT2D eigenvalue weighted by Gasteiger charge is -2.07. The number of nitrogens with zero attached hydrogens (tertiary/aromatic N) is 2. The Balaban J connectivity index is 2.57. The number of aromatic nitrogens is 2. The molecule has 88 valence electrons. The Morgan fingerprint density at radius 2 is 1.82 bits per heavy atom. The number of anilines is 1. The van der Waals surface area contributed by atoms with Gasteiger partial charge >= 0.3 is 0 Å². The van der Waals surface area contributed by atoms with Gasteiger partial charge in [-0.15, -0.1) is 0 Å². The van der Waals surface area contributed by atoms with E-state index < -0.39 is 0 Å². The van der Waals surface area contributed by atoms with Crippen LogP contribution in [-0.2, 0) is 0 Å². The molecule has 0 saturated heterocycles. The number of hydrogen-bond acceptors (Lipinski definition) is 3. The molecule has 1 aromatic carbocycles. The molecule has 17 heavy (non-hydrogen) atoms. The summed E-state index contributed by atoms with van der Waals surface area (Å²) >= 11 is 0. The monoisotopic (exact) mass is 228 g/mol. The molecule has 1 heterocycles. The summed E-state index contributed by atoms with van der Waals surface area (Å²) in [5, 5.41) is 4.24. The van der Waals surface area contributed by atoms with Crippen LogP contribution in [0.15, 0.2) is 31.0 Å². The van der Waals surface area contributed by atoms with Crippen molar-refractivity contribution >= 4 is 11.5 Å². The Morgan fingerprint density at radius 1 is 1.24 bits per heavy atom. The van der Waals surface area contributed by atoms with Gasteiger partial charge in [0.2, 0.25) is 0 Å². The second kappa shape index (κ2) is 3.97. The van der Waals surface area contributed by atoms with Crippen LogP contribution in [0.5, 0.6) is 0 Å². The highest BCUT2D eigenvalue weighted by Crippen LogP contribution is 2.21. The lowest BCUT2D eigenvalue weighted by atomic mass is 10.1. The standard InChI is InChI=1S/C13H16N4/c1-8-4-9(2)6-11(5-8)17-13(15)12(7-16-17)10(3)14/h4-7H,3,14-15H2,1-2H3. The minimum atomic E-state index is 0.429. The number of benzene rings is 1. The van der Waals surface area contributed by atoms with Crippen molar-refractivity contribution in [1.29, 1.82) is 0 Å². The van der Waals surface area contributed by atoms with E-state index in [4.69, 9.17) is 11.5 Å². The molecule has 4 nitrogen and oxygen atoms in total. The van der Waals surface area contributed by atoms with Gasteiger partial charge in [-0.05, 0) is 37.1 Å². The molecule has 0 bridgehead atoms. The highest BCUT2D eigenvalue weighted by Gasteiger charge is 2.10. The fraction of sp³-hybridized carbons (Fsp3) is 0.154. The molecular weight excluding hydrogens is 212 g/mol. The van der Waals surface area contributed by atoms with Gasteiger partial charge in [-0.2, -0.15) is 5.10 Å². The number of hydrogen-bond donors (Lipinski definition) is 2. The van der Waals surface area contributed by atoms with E-state index in [1.807, 2.05) is 26.0 Å². The fourth-order valence-corrected chi connectivity index (χ4v) is 1.88. The maximum Gasteiger partial charge on any atom is 0.136 e. The van der Waals surface area contributed by atoms with E-state index in [0.717, 1.165) is 5.69 Å². The number of nitrogen functional groups attached to an aromatic ring is 1. The lowest BCUT2D eigenvalue weighted by molar-refractivity contribution is 0.888. The van der Waals surface area contributed by atoms with Crippen LogP contribution in [0.3, 0.4) is 0 Å². The SMILES string of the molecule is C=C(N)c1cnn(-c2cc(C)cc(C)c2)c1N. The van der Waals surface area contributed by atoms with Crippen molar-refractivity contribution in [3.63, 3.8) is 0 Å². The van der Waals surface area contributed by atoms with Crippen LogP contribution < -0.4 is 11.5 Å². The molecule has 2 rings (SSSR count). The van der Waals surface area contributed by atoms with E-state index in [1.54, 1.807) is 10.9 Å². The number of aryl methyl sites for hydroxylation is 2. The first-order valence-corrected chi connectivity index (χ1v) is 5.36. The molecule has 4 N–H and O–H groups in total. The summed E-state index contributed by atoms with van der Waals surface area (Å²) in [5.41, 5.74) is 16.0. The van der Waals surface area contributed by atoms with Crippen molar-refractivity contribution in [3.8, 4) is 5.69 Å². The van der Waals surface area contributed by atoms with E-state index in [1.165, 1.54) is 11.1 Å². The molecule has 0 aliphatic rings. The first-order chi connectivity index (χ1) is 7.99. The van der Waals surface area contributed by atoms with Gasteiger partial charge in [0, 0.05) is 5.70 Å². The molecule has 0 aliphatic carbocycles. The van der Waals surface area contributed by atoms with Gasteiger partial charge in [0.05, 0.1) is 17.4 Å². The van der Waals surface area contributed by atoms with E-state index in [-0.39, 0.29) is 0 Å². The maximum atomic E-state index is 6.00. The summed E-state index contributed by atoms with van der Waals surface area (Å²) in [6.45, 7) is 7.75. The van der Waals surface area contributed by atoms with E-state index in [2.05, 4.69) is 17.7 Å². The normalized spacial score (nSPS) is 10.5. The fourth-order valence-electron chi connectivity index (χ4n) is 1.88. The van der Waals surface area contributed by atoms with Crippen molar-refractivity contribution in [3.05, 3.63) is 47.7 Å². The lowest BCUT2D eigenvalue weighted by Crippen LogP contribution is -2.05. The summed E-state index contributed by atoms with van der Waals surface area (Å²) < 4.78 is 1.67. The van der Waals surface area contributed by atoms with Gasteiger partial charge in [0.1, 0.15) is 5.82 Å². The third kappa shape index (κ3) is 2.01. The molecule has 0 radical (unpaired) electrons. The number of rotatable bonds is 2. The molecule has 0 unspecified atom stereocenters. The topological polar surface area (TPSA) is 69.9 Å². The van der Waals surface area contributed by atoms with Crippen LogP contribution in [0.4, 0.5) is 5.82 Å². The second-order valence-electron chi connectivity index (χ2n) is 4.23. The zero-order valence-electron chi connectivity index (χ0n) is 10.1. The van der Waals surface area contributed by atoms with Gasteiger partial charge in [0.15, 0.2) is 0 Å². The average molecular weight is 228 g/mol. The molecule has 0 aliphatic heterocycles. The Bertz CT molecular complexity index is 561. The smallest absolute Gasteiger partial charge is 0.136 e. The second-order valence-corrected chi connectivity index (χ2v) is 4.23. The van der Waals surface area contributed by atoms with Gasteiger partial charge < -0.3 is 11.5 Å². The Labute approximate surface area is 101 Å². The Kier molecular flexibility index (Phi) is 2.63. The maximum absolute atomic E-state index is 6.00. The van der Waals surface area contributed by atoms with Gasteiger partial charge in [-0.1, -0.05) is 12.6 Å². The van der Waals surface area contributed by atoms with E-state index in [9.17, 15) is 0 Å². The minimum absolute atomic E-state index is 0.429. The summed E-state index contributed by atoms with van der Waals surface area (Å²) in [6, 6.07) is 6.16. The van der Waals surface area contributed by atoms with Crippen LogP contribution in [-0.4, -0.2) is 9.78 Å². The molecule has 0 fully saturated rings. The van der Waals surface area contributed by atoms with Crippen LogP contribution in [0.25, 0.3) is 11.4 Å². The van der Waals surface area contributed by atoms with Crippen LogP contribution in [0.2, 0.25) is 0 Å². The quantitative estimate of drug-likeness (QED) is 0.826. The molecular formula is C13H16N4. The first-order valence-electron chi connectivity index (χ1n) is 5.36. The largest absolute Gasteiger partial charge is 0.399 e. The highest BCUT2D eigenvalue weighted by atomic mass is 15.3. The molecule has 0 atom stereocenters. The van der Waals surface area contributed by atoms with Crippen molar-refractivity contribution in [2.45, 2.75) is 13.8 Å². The molecule has 0 saturated carbocycles. The Hall–Kier alpha value is -2.23. The minimum Gasteiger partial charge on any atom is -0.399 e. The molecule has 0 amide bonds. The van der Waals surface area contributed by atoms with Crippen LogP contribution in [0, 0.1) is 13.8 Å². The highest BCUT2D eigenvalue weighted by molar-refractivity contribution is 5.70. The molecule has 2 aromatic rings. The van der Waals surface area contributed by atoms with Crippen LogP contribution in [0.1, 0.15) is 16.7 Å².